The number of amides is 1. The van der Waals surface area contributed by atoms with Crippen molar-refractivity contribution in [1.29, 1.82) is 0 Å². The molecule has 86 valence electrons. The average molecular weight is 235 g/mol. The summed E-state index contributed by atoms with van der Waals surface area (Å²) >= 11 is 4.21. The van der Waals surface area contributed by atoms with E-state index in [9.17, 15) is 4.79 Å². The lowest BCUT2D eigenvalue weighted by Crippen LogP contribution is -2.28. The van der Waals surface area contributed by atoms with Crippen LogP contribution in [0.5, 0.6) is 0 Å². The zero-order valence-electron chi connectivity index (χ0n) is 9.52. The molecule has 1 atom stereocenters. The zero-order chi connectivity index (χ0) is 11.5. The van der Waals surface area contributed by atoms with Gasteiger partial charge in [0.2, 0.25) is 0 Å². The van der Waals surface area contributed by atoms with E-state index in [1.54, 1.807) is 0 Å². The Labute approximate surface area is 102 Å². The van der Waals surface area contributed by atoms with Crippen molar-refractivity contribution in [1.82, 2.24) is 4.90 Å². The molecule has 1 aromatic carbocycles. The first-order valence-corrected chi connectivity index (χ1v) is 6.23. The first kappa shape index (κ1) is 11.5. The van der Waals surface area contributed by atoms with Gasteiger partial charge in [-0.3, -0.25) is 4.79 Å². The fourth-order valence-corrected chi connectivity index (χ4v) is 2.29. The van der Waals surface area contributed by atoms with E-state index in [4.69, 9.17) is 0 Å². The molecule has 0 aromatic heterocycles. The molecule has 2 nitrogen and oxygen atoms in total. The molecule has 1 fully saturated rings. The predicted octanol–water partition coefficient (Wildman–Crippen LogP) is 2.85. The van der Waals surface area contributed by atoms with Crippen LogP contribution in [-0.4, -0.2) is 23.9 Å². The summed E-state index contributed by atoms with van der Waals surface area (Å²) in [6.07, 6.45) is 2.31. The molecule has 1 heterocycles. The summed E-state index contributed by atoms with van der Waals surface area (Å²) in [5, 5.41) is 0. The fraction of sp³-hybridized carbons (Fsp3) is 0.462. The molecule has 1 aliphatic heterocycles. The minimum absolute atomic E-state index is 0.157. The molecule has 1 amide bonds. The minimum Gasteiger partial charge on any atom is -0.338 e. The average Bonchev–Trinajstić information content (AvgIpc) is 2.77. The lowest BCUT2D eigenvalue weighted by Gasteiger charge is -2.16. The maximum atomic E-state index is 12.1. The zero-order valence-corrected chi connectivity index (χ0v) is 10.4. The van der Waals surface area contributed by atoms with E-state index < -0.39 is 0 Å². The molecule has 0 spiro atoms. The molecular weight excluding hydrogens is 218 g/mol. The highest BCUT2D eigenvalue weighted by atomic mass is 32.1. The number of carbonyl (C=O) groups excluding carboxylic acids is 1. The largest absolute Gasteiger partial charge is 0.338 e. The highest BCUT2D eigenvalue weighted by Gasteiger charge is 2.25. The number of rotatable bonds is 2. The number of likely N-dealkylation sites (tertiary alicyclic amines) is 1. The normalized spacial score (nSPS) is 20.1. The van der Waals surface area contributed by atoms with Crippen LogP contribution in [0.4, 0.5) is 0 Å². The van der Waals surface area contributed by atoms with Crippen molar-refractivity contribution in [3.63, 3.8) is 0 Å². The summed E-state index contributed by atoms with van der Waals surface area (Å²) in [6, 6.07) is 7.43. The van der Waals surface area contributed by atoms with Gasteiger partial charge in [-0.1, -0.05) is 13.3 Å². The van der Waals surface area contributed by atoms with Crippen LogP contribution in [0.15, 0.2) is 29.2 Å². The Morgan fingerprint density at radius 3 is 2.69 bits per heavy atom. The maximum absolute atomic E-state index is 12.1. The third kappa shape index (κ3) is 2.40. The monoisotopic (exact) mass is 235 g/mol. The van der Waals surface area contributed by atoms with Gasteiger partial charge in [-0.15, -0.1) is 12.6 Å². The molecule has 0 saturated carbocycles. The Morgan fingerprint density at radius 2 is 2.12 bits per heavy atom. The van der Waals surface area contributed by atoms with Crippen molar-refractivity contribution in [2.45, 2.75) is 24.7 Å². The third-order valence-corrected chi connectivity index (χ3v) is 3.56. The van der Waals surface area contributed by atoms with Crippen molar-refractivity contribution in [3.8, 4) is 0 Å². The predicted molar refractivity (Wildman–Crippen MR) is 68.0 cm³/mol. The van der Waals surface area contributed by atoms with Gasteiger partial charge >= 0.3 is 0 Å². The molecule has 0 N–H and O–H groups in total. The minimum atomic E-state index is 0.157. The molecule has 3 heteroatoms. The summed E-state index contributed by atoms with van der Waals surface area (Å²) < 4.78 is 0. The van der Waals surface area contributed by atoms with Crippen molar-refractivity contribution < 1.29 is 4.79 Å². The van der Waals surface area contributed by atoms with Gasteiger partial charge in [-0.25, -0.2) is 0 Å². The molecule has 1 saturated heterocycles. The summed E-state index contributed by atoms with van der Waals surface area (Å²) in [5.74, 6) is 0.845. The van der Waals surface area contributed by atoms with Gasteiger partial charge in [0.1, 0.15) is 0 Å². The Hall–Kier alpha value is -0.960. The maximum Gasteiger partial charge on any atom is 0.253 e. The van der Waals surface area contributed by atoms with Crippen molar-refractivity contribution >= 4 is 18.5 Å². The van der Waals surface area contributed by atoms with E-state index in [2.05, 4.69) is 19.6 Å². The Balaban J connectivity index is 2.05. The number of nitrogens with zero attached hydrogens (tertiary/aromatic N) is 1. The van der Waals surface area contributed by atoms with Crippen LogP contribution in [0, 0.1) is 5.92 Å². The number of benzene rings is 1. The molecular formula is C13H17NOS. The standard InChI is InChI=1S/C13H17NOS/c1-2-10-7-8-14(9-10)13(15)11-3-5-12(16)6-4-11/h3-6,10,16H,2,7-9H2,1H3. The summed E-state index contributed by atoms with van der Waals surface area (Å²) in [6.45, 7) is 4.01. The molecule has 1 aliphatic rings. The van der Waals surface area contributed by atoms with Gasteiger partial charge in [0.15, 0.2) is 0 Å². The van der Waals surface area contributed by atoms with Crippen LogP contribution in [-0.2, 0) is 0 Å². The molecule has 0 aliphatic carbocycles. The highest BCUT2D eigenvalue weighted by Crippen LogP contribution is 2.21. The van der Waals surface area contributed by atoms with Gasteiger partial charge < -0.3 is 4.90 Å². The lowest BCUT2D eigenvalue weighted by molar-refractivity contribution is 0.0787. The molecule has 0 bridgehead atoms. The number of thiol groups is 1. The van der Waals surface area contributed by atoms with Crippen LogP contribution in [0.2, 0.25) is 0 Å². The molecule has 16 heavy (non-hydrogen) atoms. The van der Waals surface area contributed by atoms with Gasteiger partial charge in [-0.05, 0) is 36.6 Å². The van der Waals surface area contributed by atoms with E-state index in [1.165, 1.54) is 6.42 Å². The Morgan fingerprint density at radius 1 is 1.44 bits per heavy atom. The van der Waals surface area contributed by atoms with Gasteiger partial charge in [-0.2, -0.15) is 0 Å². The second-order valence-electron chi connectivity index (χ2n) is 4.36. The number of carbonyl (C=O) groups is 1. The summed E-state index contributed by atoms with van der Waals surface area (Å²) in [7, 11) is 0. The number of hydrogen-bond acceptors (Lipinski definition) is 2. The highest BCUT2D eigenvalue weighted by molar-refractivity contribution is 7.80. The fourth-order valence-electron chi connectivity index (χ4n) is 2.14. The third-order valence-electron chi connectivity index (χ3n) is 3.26. The lowest BCUT2D eigenvalue weighted by atomic mass is 10.1. The first-order chi connectivity index (χ1) is 7.70. The van der Waals surface area contributed by atoms with Gasteiger partial charge in [0.05, 0.1) is 0 Å². The Bertz CT molecular complexity index is 374. The van der Waals surface area contributed by atoms with E-state index in [1.807, 2.05) is 29.2 Å². The first-order valence-electron chi connectivity index (χ1n) is 5.79. The second-order valence-corrected chi connectivity index (χ2v) is 4.88. The van der Waals surface area contributed by atoms with E-state index in [0.717, 1.165) is 30.0 Å². The van der Waals surface area contributed by atoms with E-state index in [-0.39, 0.29) is 5.91 Å². The SMILES string of the molecule is CCC1CCN(C(=O)c2ccc(S)cc2)C1. The van der Waals surface area contributed by atoms with Crippen molar-refractivity contribution in [2.24, 2.45) is 5.92 Å². The van der Waals surface area contributed by atoms with Crippen LogP contribution < -0.4 is 0 Å². The van der Waals surface area contributed by atoms with Crippen molar-refractivity contribution in [3.05, 3.63) is 29.8 Å². The molecule has 0 radical (unpaired) electrons. The van der Waals surface area contributed by atoms with E-state index in [0.29, 0.717) is 5.92 Å². The van der Waals surface area contributed by atoms with Crippen LogP contribution >= 0.6 is 12.6 Å². The smallest absolute Gasteiger partial charge is 0.253 e. The molecule has 2 rings (SSSR count). The van der Waals surface area contributed by atoms with Crippen molar-refractivity contribution in [2.75, 3.05) is 13.1 Å². The quantitative estimate of drug-likeness (QED) is 0.782. The topological polar surface area (TPSA) is 20.3 Å². The number of hydrogen-bond donors (Lipinski definition) is 1. The van der Waals surface area contributed by atoms with Gasteiger partial charge in [0.25, 0.3) is 5.91 Å². The second kappa shape index (κ2) is 4.91. The van der Waals surface area contributed by atoms with E-state index >= 15 is 0 Å². The van der Waals surface area contributed by atoms with Crippen LogP contribution in [0.25, 0.3) is 0 Å². The van der Waals surface area contributed by atoms with Crippen LogP contribution in [0.3, 0.4) is 0 Å². The van der Waals surface area contributed by atoms with Gasteiger partial charge in [0, 0.05) is 23.5 Å². The summed E-state index contributed by atoms with van der Waals surface area (Å²) in [4.78, 5) is 15.0. The Kier molecular flexibility index (Phi) is 3.54. The molecule has 1 aromatic rings. The summed E-state index contributed by atoms with van der Waals surface area (Å²) in [5.41, 5.74) is 0.773. The molecule has 1 unspecified atom stereocenters. The van der Waals surface area contributed by atoms with Crippen LogP contribution in [0.1, 0.15) is 30.1 Å².